The Balaban J connectivity index is 0.00000612. The number of ether oxygens (including phenoxy) is 2. The van der Waals surface area contributed by atoms with Crippen molar-refractivity contribution in [3.63, 3.8) is 0 Å². The molecule has 1 aromatic heterocycles. The fraction of sp³-hybridized carbons (Fsp3) is 0.632. The van der Waals surface area contributed by atoms with Crippen molar-refractivity contribution in [2.24, 2.45) is 5.73 Å². The van der Waals surface area contributed by atoms with E-state index in [-0.39, 0.29) is 24.8 Å². The summed E-state index contributed by atoms with van der Waals surface area (Å²) < 4.78 is 87.5. The van der Waals surface area contributed by atoms with E-state index in [1.54, 1.807) is 0 Å². The molecule has 0 unspecified atom stereocenters. The minimum absolute atomic E-state index is 0. The number of nitrogens with two attached hydrogens (primary N) is 1. The summed E-state index contributed by atoms with van der Waals surface area (Å²) in [6.45, 7) is 0.0247. The molecule has 0 spiro atoms. The van der Waals surface area contributed by atoms with E-state index in [0.717, 1.165) is 18.7 Å². The van der Waals surface area contributed by atoms with Gasteiger partial charge in [-0.3, -0.25) is 4.79 Å². The average molecular weight is 538 g/mol. The van der Waals surface area contributed by atoms with Gasteiger partial charge in [0, 0.05) is 13.3 Å². The third kappa shape index (κ3) is 7.81. The number of pyridine rings is 1. The number of nitrogens with zero attached hydrogens (tertiary/aromatic N) is 2. The zero-order chi connectivity index (χ0) is 25.9. The molecule has 1 aliphatic heterocycles. The molecule has 0 radical (unpaired) electrons. The summed E-state index contributed by atoms with van der Waals surface area (Å²) in [5.41, 5.74) is 3.39. The van der Waals surface area contributed by atoms with Crippen molar-refractivity contribution in [2.75, 3.05) is 32.2 Å². The maximum Gasteiger partial charge on any atom is 0.416 e. The van der Waals surface area contributed by atoms with Gasteiger partial charge in [0.25, 0.3) is 0 Å². The Labute approximate surface area is 203 Å². The molecule has 16 heteroatoms. The van der Waals surface area contributed by atoms with Crippen molar-refractivity contribution in [3.8, 4) is 0 Å². The summed E-state index contributed by atoms with van der Waals surface area (Å²) in [4.78, 5) is 29.3. The molecule has 0 bridgehead atoms. The molecule has 9 nitrogen and oxygen atoms in total. The van der Waals surface area contributed by atoms with Gasteiger partial charge in [0.1, 0.15) is 17.9 Å². The Morgan fingerprint density at radius 3 is 2.43 bits per heavy atom. The number of methoxy groups -OCH3 is 1. The zero-order valence-corrected chi connectivity index (χ0v) is 19.7. The second kappa shape index (κ2) is 11.6. The number of carbonyl (C=O) groups is 2. The highest BCUT2D eigenvalue weighted by Crippen LogP contribution is 2.33. The smallest absolute Gasteiger partial charge is 0.382 e. The quantitative estimate of drug-likeness (QED) is 0.417. The molecule has 0 saturated carbocycles. The Morgan fingerprint density at radius 2 is 1.91 bits per heavy atom. The molecule has 4 N–H and O–H groups in total. The fourth-order valence-corrected chi connectivity index (χ4v) is 2.93. The Bertz CT molecular complexity index is 886. The van der Waals surface area contributed by atoms with Crippen LogP contribution in [0.3, 0.4) is 0 Å². The molecule has 200 valence electrons. The van der Waals surface area contributed by atoms with Crippen molar-refractivity contribution >= 4 is 30.2 Å². The number of carbonyl (C=O) groups excluding carboxylic acids is 2. The van der Waals surface area contributed by atoms with Gasteiger partial charge in [-0.15, -0.1) is 12.4 Å². The van der Waals surface area contributed by atoms with Crippen molar-refractivity contribution in [3.05, 3.63) is 23.9 Å². The number of urea groups is 1. The normalized spacial score (nSPS) is 18.5. The number of anilines is 1. The van der Waals surface area contributed by atoms with E-state index in [1.807, 2.05) is 5.32 Å². The van der Waals surface area contributed by atoms with E-state index in [1.165, 1.54) is 25.4 Å². The van der Waals surface area contributed by atoms with Gasteiger partial charge in [-0.05, 0) is 31.5 Å². The van der Waals surface area contributed by atoms with Crippen LogP contribution < -0.4 is 16.4 Å². The Morgan fingerprint density at radius 1 is 1.29 bits per heavy atom. The summed E-state index contributed by atoms with van der Waals surface area (Å²) in [6, 6.07) is -2.71. The first-order chi connectivity index (χ1) is 15.6. The average Bonchev–Trinajstić information content (AvgIpc) is 3.11. The molecule has 1 saturated heterocycles. The van der Waals surface area contributed by atoms with Gasteiger partial charge < -0.3 is 30.7 Å². The Hall–Kier alpha value is -2.36. The van der Waals surface area contributed by atoms with Gasteiger partial charge in [0.05, 0.1) is 25.8 Å². The lowest BCUT2D eigenvalue weighted by Crippen LogP contribution is -2.47. The first kappa shape index (κ1) is 30.7. The minimum Gasteiger partial charge on any atom is -0.382 e. The van der Waals surface area contributed by atoms with E-state index in [0.29, 0.717) is 5.56 Å². The lowest BCUT2D eigenvalue weighted by molar-refractivity contribution is -0.264. The highest BCUT2D eigenvalue weighted by Gasteiger charge is 2.49. The molecule has 1 aromatic rings. The van der Waals surface area contributed by atoms with Crippen LogP contribution in [0.15, 0.2) is 18.3 Å². The first-order valence-electron chi connectivity index (χ1n) is 9.92. The van der Waals surface area contributed by atoms with Crippen molar-refractivity contribution < 1.29 is 45.4 Å². The van der Waals surface area contributed by atoms with Gasteiger partial charge in [-0.25, -0.2) is 9.78 Å². The second-order valence-corrected chi connectivity index (χ2v) is 8.06. The number of rotatable bonds is 9. The highest BCUT2D eigenvalue weighted by atomic mass is 35.5. The van der Waals surface area contributed by atoms with Crippen molar-refractivity contribution in [1.29, 1.82) is 0 Å². The summed E-state index contributed by atoms with van der Waals surface area (Å²) in [6.07, 6.45) is -8.08. The van der Waals surface area contributed by atoms with Crippen LogP contribution in [0.25, 0.3) is 0 Å². The molecule has 2 rings (SSSR count). The van der Waals surface area contributed by atoms with Crippen LogP contribution in [-0.4, -0.2) is 78.7 Å². The monoisotopic (exact) mass is 537 g/mol. The van der Waals surface area contributed by atoms with Gasteiger partial charge >= 0.3 is 18.4 Å². The topological polar surface area (TPSA) is 119 Å². The minimum atomic E-state index is -4.68. The van der Waals surface area contributed by atoms with Crippen LogP contribution in [0.2, 0.25) is 0 Å². The van der Waals surface area contributed by atoms with Gasteiger partial charge in [-0.1, -0.05) is 0 Å². The number of alkyl halides is 6. The number of aromatic nitrogens is 1. The predicted octanol–water partition coefficient (Wildman–Crippen LogP) is 2.77. The molecule has 1 aliphatic rings. The predicted molar refractivity (Wildman–Crippen MR) is 114 cm³/mol. The molecular weight excluding hydrogens is 512 g/mol. The van der Waals surface area contributed by atoms with Crippen LogP contribution in [0.1, 0.15) is 25.5 Å². The molecule has 1 fully saturated rings. The van der Waals surface area contributed by atoms with E-state index < -0.39 is 61.2 Å². The van der Waals surface area contributed by atoms with Crippen molar-refractivity contribution in [1.82, 2.24) is 15.2 Å². The number of hydrogen-bond donors (Lipinski definition) is 3. The van der Waals surface area contributed by atoms with Crippen LogP contribution in [0.5, 0.6) is 0 Å². The molecule has 0 aromatic carbocycles. The lowest BCUT2D eigenvalue weighted by atomic mass is 10.1. The standard InChI is InChI=1S/C19H25F6N5O4.ClH/c1-17(2,19(23,24)25)34-8-11(26)15(31)29-14-6-10(4-5-27-14)12(9-33-3)30-7-13(18(20,21)22)28-16(30)32;/h4-6,11-13H,7-9,26H2,1-3H3,(H,28,32)(H,27,29,31);1H/t11-,12+,13-;/m0./s1. The Kier molecular flexibility index (Phi) is 10.2. The molecule has 0 aliphatic carbocycles. The SMILES string of the molecule is COC[C@H](c1ccnc(NC(=O)[C@@H](N)COC(C)(C)C(F)(F)F)c1)N1C[C@@H](C(F)(F)F)NC1=O.Cl. The molecule has 3 atom stereocenters. The first-order valence-corrected chi connectivity index (χ1v) is 9.92. The van der Waals surface area contributed by atoms with E-state index in [4.69, 9.17) is 15.2 Å². The maximum absolute atomic E-state index is 13.0. The summed E-state index contributed by atoms with van der Waals surface area (Å²) in [7, 11) is 1.30. The van der Waals surface area contributed by atoms with Crippen LogP contribution in [-0.2, 0) is 14.3 Å². The summed E-state index contributed by atoms with van der Waals surface area (Å²) >= 11 is 0. The molecular formula is C19H26ClF6N5O4. The van der Waals surface area contributed by atoms with Gasteiger partial charge in [0.2, 0.25) is 5.91 Å². The molecule has 3 amide bonds. The van der Waals surface area contributed by atoms with E-state index >= 15 is 0 Å². The maximum atomic E-state index is 13.0. The van der Waals surface area contributed by atoms with E-state index in [9.17, 15) is 35.9 Å². The fourth-order valence-electron chi connectivity index (χ4n) is 2.93. The van der Waals surface area contributed by atoms with Crippen LogP contribution in [0.4, 0.5) is 37.0 Å². The van der Waals surface area contributed by atoms with Gasteiger partial charge in [-0.2, -0.15) is 26.3 Å². The molecule has 2 heterocycles. The highest BCUT2D eigenvalue weighted by molar-refractivity contribution is 5.94. The molecule has 35 heavy (non-hydrogen) atoms. The number of nitrogens with one attached hydrogen (secondary N) is 2. The number of hydrogen-bond acceptors (Lipinski definition) is 6. The second-order valence-electron chi connectivity index (χ2n) is 8.06. The van der Waals surface area contributed by atoms with E-state index in [2.05, 4.69) is 10.3 Å². The van der Waals surface area contributed by atoms with Crippen LogP contribution in [0, 0.1) is 0 Å². The van der Waals surface area contributed by atoms with Crippen LogP contribution >= 0.6 is 12.4 Å². The summed E-state index contributed by atoms with van der Waals surface area (Å²) in [5.74, 6) is -0.983. The van der Waals surface area contributed by atoms with Crippen molar-refractivity contribution in [2.45, 2.75) is 49.9 Å². The zero-order valence-electron chi connectivity index (χ0n) is 18.9. The largest absolute Gasteiger partial charge is 0.416 e. The number of amides is 3. The van der Waals surface area contributed by atoms with Gasteiger partial charge in [0.15, 0.2) is 5.60 Å². The third-order valence-corrected chi connectivity index (χ3v) is 5.10. The lowest BCUT2D eigenvalue weighted by Gasteiger charge is -2.29. The third-order valence-electron chi connectivity index (χ3n) is 5.10. The number of halogens is 7. The summed E-state index contributed by atoms with van der Waals surface area (Å²) in [5, 5.41) is 4.17.